The van der Waals surface area contributed by atoms with E-state index < -0.39 is 21.7 Å². The number of nitrogens with zero attached hydrogens (tertiary/aromatic N) is 1. The number of rotatable bonds is 7. The second kappa shape index (κ2) is 8.73. The Balaban J connectivity index is 1.73. The van der Waals surface area contributed by atoms with Gasteiger partial charge in [0.05, 0.1) is 11.5 Å². The third kappa shape index (κ3) is 5.10. The second-order valence-electron chi connectivity index (χ2n) is 6.96. The highest BCUT2D eigenvalue weighted by atomic mass is 32.2. The average Bonchev–Trinajstić information content (AvgIpc) is 3.05. The number of benzene rings is 2. The lowest BCUT2D eigenvalue weighted by Crippen LogP contribution is -2.43. The maximum Gasteiger partial charge on any atom is 0.261 e. The standard InChI is InChI=1S/C21H24FNO4S/c1-2-16-7-9-19(10-8-16)27-14-21(24)23(18-11-12-28(25,26)15-18)13-17-5-3-4-6-20(17)22/h3-10,18H,2,11-15H2,1H3/t18-/m1/s1. The molecule has 5 nitrogen and oxygen atoms in total. The molecule has 1 atom stereocenters. The number of carbonyl (C=O) groups excluding carboxylic acids is 1. The fraction of sp³-hybridized carbons (Fsp3) is 0.381. The molecule has 0 N–H and O–H groups in total. The van der Waals surface area contributed by atoms with Crippen LogP contribution in [0.5, 0.6) is 5.75 Å². The molecule has 1 heterocycles. The Morgan fingerprint density at radius 2 is 1.89 bits per heavy atom. The summed E-state index contributed by atoms with van der Waals surface area (Å²) in [6.45, 7) is 1.84. The van der Waals surface area contributed by atoms with E-state index in [1.807, 2.05) is 12.1 Å². The van der Waals surface area contributed by atoms with E-state index in [-0.39, 0.29) is 30.6 Å². The normalized spacial score (nSPS) is 18.0. The van der Waals surface area contributed by atoms with Crippen molar-refractivity contribution in [1.29, 1.82) is 0 Å². The summed E-state index contributed by atoms with van der Waals surface area (Å²) >= 11 is 0. The lowest BCUT2D eigenvalue weighted by molar-refractivity contribution is -0.136. The largest absolute Gasteiger partial charge is 0.484 e. The summed E-state index contributed by atoms with van der Waals surface area (Å²) in [6, 6.07) is 13.2. The Morgan fingerprint density at radius 1 is 1.18 bits per heavy atom. The summed E-state index contributed by atoms with van der Waals surface area (Å²) in [7, 11) is -3.18. The molecule has 28 heavy (non-hydrogen) atoms. The van der Waals surface area contributed by atoms with E-state index in [0.717, 1.165) is 12.0 Å². The summed E-state index contributed by atoms with van der Waals surface area (Å²) in [5.41, 5.74) is 1.52. The number of amides is 1. The van der Waals surface area contributed by atoms with Crippen LogP contribution in [0.2, 0.25) is 0 Å². The number of sulfone groups is 1. The van der Waals surface area contributed by atoms with Gasteiger partial charge in [-0.1, -0.05) is 37.3 Å². The molecule has 0 radical (unpaired) electrons. The van der Waals surface area contributed by atoms with Crippen molar-refractivity contribution in [3.8, 4) is 5.75 Å². The van der Waals surface area contributed by atoms with Gasteiger partial charge < -0.3 is 9.64 Å². The highest BCUT2D eigenvalue weighted by molar-refractivity contribution is 7.91. The summed E-state index contributed by atoms with van der Waals surface area (Å²) in [6.07, 6.45) is 1.26. The van der Waals surface area contributed by atoms with Gasteiger partial charge in [-0.25, -0.2) is 12.8 Å². The predicted molar refractivity (Wildman–Crippen MR) is 105 cm³/mol. The first-order valence-corrected chi connectivity index (χ1v) is 11.1. The molecule has 0 spiro atoms. The summed E-state index contributed by atoms with van der Waals surface area (Å²) in [4.78, 5) is 14.3. The number of aryl methyl sites for hydroxylation is 1. The van der Waals surface area contributed by atoms with Crippen molar-refractivity contribution in [2.45, 2.75) is 32.4 Å². The molecule has 150 valence electrons. The van der Waals surface area contributed by atoms with Gasteiger partial charge in [-0.05, 0) is 36.6 Å². The van der Waals surface area contributed by atoms with Crippen LogP contribution in [0, 0.1) is 5.82 Å². The molecule has 0 unspecified atom stereocenters. The third-order valence-electron chi connectivity index (χ3n) is 4.96. The van der Waals surface area contributed by atoms with Crippen molar-refractivity contribution in [2.75, 3.05) is 18.1 Å². The van der Waals surface area contributed by atoms with Crippen LogP contribution in [0.15, 0.2) is 48.5 Å². The van der Waals surface area contributed by atoms with Crippen LogP contribution in [0.4, 0.5) is 4.39 Å². The minimum Gasteiger partial charge on any atom is -0.484 e. The first-order valence-electron chi connectivity index (χ1n) is 9.33. The molecule has 7 heteroatoms. The molecular formula is C21H24FNO4S. The van der Waals surface area contributed by atoms with Crippen molar-refractivity contribution >= 4 is 15.7 Å². The molecule has 1 aliphatic heterocycles. The zero-order valence-corrected chi connectivity index (χ0v) is 16.6. The number of carbonyl (C=O) groups is 1. The van der Waals surface area contributed by atoms with Crippen molar-refractivity contribution < 1.29 is 22.3 Å². The molecule has 3 rings (SSSR count). The van der Waals surface area contributed by atoms with E-state index in [0.29, 0.717) is 17.7 Å². The second-order valence-corrected chi connectivity index (χ2v) is 9.18. The Morgan fingerprint density at radius 3 is 2.50 bits per heavy atom. The first kappa shape index (κ1) is 20.3. The Bertz CT molecular complexity index is 928. The lowest BCUT2D eigenvalue weighted by Gasteiger charge is -2.28. The maximum atomic E-state index is 14.1. The maximum absolute atomic E-state index is 14.1. The highest BCUT2D eigenvalue weighted by Gasteiger charge is 2.35. The van der Waals surface area contributed by atoms with Gasteiger partial charge >= 0.3 is 0 Å². The molecule has 0 saturated carbocycles. The van der Waals surface area contributed by atoms with Crippen LogP contribution in [0.3, 0.4) is 0 Å². The Hall–Kier alpha value is -2.41. The topological polar surface area (TPSA) is 63.7 Å². The van der Waals surface area contributed by atoms with Gasteiger partial charge in [0.25, 0.3) is 5.91 Å². The lowest BCUT2D eigenvalue weighted by atomic mass is 10.1. The van der Waals surface area contributed by atoms with Gasteiger partial charge in [0.15, 0.2) is 16.4 Å². The quantitative estimate of drug-likeness (QED) is 0.710. The van der Waals surface area contributed by atoms with Crippen LogP contribution < -0.4 is 4.74 Å². The van der Waals surface area contributed by atoms with Gasteiger partial charge in [-0.3, -0.25) is 4.79 Å². The van der Waals surface area contributed by atoms with Gasteiger partial charge in [-0.15, -0.1) is 0 Å². The number of hydrogen-bond acceptors (Lipinski definition) is 4. The molecule has 0 aliphatic carbocycles. The van der Waals surface area contributed by atoms with Crippen LogP contribution in [0.25, 0.3) is 0 Å². The third-order valence-corrected chi connectivity index (χ3v) is 6.71. The molecule has 1 amide bonds. The van der Waals surface area contributed by atoms with E-state index in [1.165, 1.54) is 11.0 Å². The number of hydrogen-bond donors (Lipinski definition) is 0. The smallest absolute Gasteiger partial charge is 0.261 e. The van der Waals surface area contributed by atoms with Crippen LogP contribution in [-0.2, 0) is 27.6 Å². The monoisotopic (exact) mass is 405 g/mol. The summed E-state index contributed by atoms with van der Waals surface area (Å²) in [5.74, 6) is -0.270. The molecule has 1 aliphatic rings. The van der Waals surface area contributed by atoms with E-state index in [9.17, 15) is 17.6 Å². The SMILES string of the molecule is CCc1ccc(OCC(=O)N(Cc2ccccc2F)[C@@H]2CCS(=O)(=O)C2)cc1. The zero-order valence-electron chi connectivity index (χ0n) is 15.8. The summed E-state index contributed by atoms with van der Waals surface area (Å²) < 4.78 is 43.4. The molecule has 0 aromatic heterocycles. The van der Waals surface area contributed by atoms with Gasteiger partial charge in [0.2, 0.25) is 0 Å². The van der Waals surface area contributed by atoms with Crippen molar-refractivity contribution in [3.05, 3.63) is 65.5 Å². The van der Waals surface area contributed by atoms with Crippen LogP contribution in [-0.4, -0.2) is 43.4 Å². The first-order chi connectivity index (χ1) is 13.4. The van der Waals surface area contributed by atoms with Gasteiger partial charge in [0, 0.05) is 18.2 Å². The molecule has 2 aromatic carbocycles. The predicted octanol–water partition coefficient (Wildman–Crippen LogP) is 2.98. The fourth-order valence-electron chi connectivity index (χ4n) is 3.30. The van der Waals surface area contributed by atoms with E-state index in [4.69, 9.17) is 4.74 Å². The summed E-state index contributed by atoms with van der Waals surface area (Å²) in [5, 5.41) is 0. The number of halogens is 1. The molecule has 1 saturated heterocycles. The Kier molecular flexibility index (Phi) is 6.34. The van der Waals surface area contributed by atoms with Gasteiger partial charge in [-0.2, -0.15) is 0 Å². The molecule has 0 bridgehead atoms. The minimum absolute atomic E-state index is 0.0177. The minimum atomic E-state index is -3.18. The van der Waals surface area contributed by atoms with Crippen LogP contribution >= 0.6 is 0 Å². The Labute approximate surface area is 165 Å². The molecule has 1 fully saturated rings. The van der Waals surface area contributed by atoms with Crippen LogP contribution in [0.1, 0.15) is 24.5 Å². The van der Waals surface area contributed by atoms with Crippen molar-refractivity contribution in [1.82, 2.24) is 4.90 Å². The van der Waals surface area contributed by atoms with Gasteiger partial charge in [0.1, 0.15) is 11.6 Å². The highest BCUT2D eigenvalue weighted by Crippen LogP contribution is 2.22. The number of ether oxygens (including phenoxy) is 1. The molecular weight excluding hydrogens is 381 g/mol. The van der Waals surface area contributed by atoms with E-state index in [1.54, 1.807) is 30.3 Å². The van der Waals surface area contributed by atoms with Crippen molar-refractivity contribution in [3.63, 3.8) is 0 Å². The average molecular weight is 405 g/mol. The van der Waals surface area contributed by atoms with Crippen molar-refractivity contribution in [2.24, 2.45) is 0 Å². The fourth-order valence-corrected chi connectivity index (χ4v) is 5.03. The van der Waals surface area contributed by atoms with E-state index >= 15 is 0 Å². The van der Waals surface area contributed by atoms with E-state index in [2.05, 4.69) is 6.92 Å². The zero-order chi connectivity index (χ0) is 20.1. The molecule has 2 aromatic rings.